The number of carbonyl (C=O) groups excluding carboxylic acids is 2. The number of nitrogens with one attached hydrogen (secondary N) is 1. The fourth-order valence-electron chi connectivity index (χ4n) is 2.40. The Morgan fingerprint density at radius 3 is 2.62 bits per heavy atom. The molecule has 1 aliphatic rings. The predicted octanol–water partition coefficient (Wildman–Crippen LogP) is 3.61. The van der Waals surface area contributed by atoms with Gasteiger partial charge in [0.05, 0.1) is 5.69 Å². The Hall–Kier alpha value is -2.93. The fraction of sp³-hybridized carbons (Fsp3) is 0.0526. The Morgan fingerprint density at radius 1 is 1.19 bits per heavy atom. The molecule has 5 nitrogen and oxygen atoms in total. The van der Waals surface area contributed by atoms with Crippen LogP contribution in [0.4, 0.5) is 10.1 Å². The summed E-state index contributed by atoms with van der Waals surface area (Å²) in [6.45, 7) is 3.89. The van der Waals surface area contributed by atoms with E-state index in [2.05, 4.69) is 27.9 Å². The van der Waals surface area contributed by atoms with Crippen molar-refractivity contribution in [3.05, 3.63) is 76.5 Å². The van der Waals surface area contributed by atoms with Crippen molar-refractivity contribution in [2.75, 3.05) is 11.6 Å². The predicted molar refractivity (Wildman–Crippen MR) is 99.8 cm³/mol. The standard InChI is InChI=1S/C19H14BrFN2O3/c1-2-9-26-17-8-3-13(20)10-12(17)11-16-18(24)22-23(19(16)25)15-6-4-14(21)5-7-15/h2-8,10-11H,1,9H2,(H,22,24). The average Bonchev–Trinajstić information content (AvgIpc) is 2.90. The topological polar surface area (TPSA) is 58.6 Å². The summed E-state index contributed by atoms with van der Waals surface area (Å²) in [5.74, 6) is -0.993. The first kappa shape index (κ1) is 17.9. The van der Waals surface area contributed by atoms with Crippen molar-refractivity contribution in [1.29, 1.82) is 0 Å². The zero-order chi connectivity index (χ0) is 18.7. The van der Waals surface area contributed by atoms with Gasteiger partial charge in [0.25, 0.3) is 11.8 Å². The molecule has 0 radical (unpaired) electrons. The third kappa shape index (κ3) is 3.67. The van der Waals surface area contributed by atoms with Gasteiger partial charge in [-0.1, -0.05) is 28.6 Å². The molecular formula is C19H14BrFN2O3. The summed E-state index contributed by atoms with van der Waals surface area (Å²) in [6.07, 6.45) is 3.06. The van der Waals surface area contributed by atoms with E-state index in [4.69, 9.17) is 4.74 Å². The van der Waals surface area contributed by atoms with Gasteiger partial charge in [-0.05, 0) is 48.5 Å². The maximum atomic E-state index is 13.1. The second-order valence-corrected chi connectivity index (χ2v) is 6.31. The van der Waals surface area contributed by atoms with Gasteiger partial charge in [-0.3, -0.25) is 15.0 Å². The molecule has 2 aromatic rings. The van der Waals surface area contributed by atoms with E-state index < -0.39 is 17.6 Å². The van der Waals surface area contributed by atoms with Crippen LogP contribution >= 0.6 is 15.9 Å². The summed E-state index contributed by atoms with van der Waals surface area (Å²) in [5.41, 5.74) is 3.36. The third-order valence-corrected chi connectivity index (χ3v) is 4.10. The maximum absolute atomic E-state index is 13.1. The summed E-state index contributed by atoms with van der Waals surface area (Å²) in [6, 6.07) is 10.5. The monoisotopic (exact) mass is 416 g/mol. The molecule has 1 N–H and O–H groups in total. The highest BCUT2D eigenvalue weighted by atomic mass is 79.9. The van der Waals surface area contributed by atoms with E-state index in [-0.39, 0.29) is 5.57 Å². The summed E-state index contributed by atoms with van der Waals surface area (Å²) < 4.78 is 19.4. The summed E-state index contributed by atoms with van der Waals surface area (Å²) >= 11 is 3.36. The highest BCUT2D eigenvalue weighted by Crippen LogP contribution is 2.28. The Bertz CT molecular complexity index is 910. The number of anilines is 1. The van der Waals surface area contributed by atoms with Crippen LogP contribution in [0.3, 0.4) is 0 Å². The molecule has 132 valence electrons. The molecule has 3 rings (SSSR count). The molecule has 0 aliphatic carbocycles. The lowest BCUT2D eigenvalue weighted by Gasteiger charge is -2.14. The minimum absolute atomic E-state index is 0.0455. The van der Waals surface area contributed by atoms with Crippen molar-refractivity contribution >= 4 is 39.5 Å². The Labute approximate surface area is 157 Å². The lowest BCUT2D eigenvalue weighted by atomic mass is 10.1. The number of nitrogens with zero attached hydrogens (tertiary/aromatic N) is 1. The van der Waals surface area contributed by atoms with Crippen LogP contribution in [0.5, 0.6) is 5.75 Å². The average molecular weight is 417 g/mol. The lowest BCUT2D eigenvalue weighted by molar-refractivity contribution is -0.117. The number of halogens is 2. The van der Waals surface area contributed by atoms with Crippen molar-refractivity contribution in [2.24, 2.45) is 0 Å². The van der Waals surface area contributed by atoms with Crippen LogP contribution in [-0.4, -0.2) is 18.4 Å². The van der Waals surface area contributed by atoms with Gasteiger partial charge in [-0.2, -0.15) is 0 Å². The molecule has 2 aromatic carbocycles. The van der Waals surface area contributed by atoms with E-state index in [0.717, 1.165) is 9.48 Å². The van der Waals surface area contributed by atoms with Gasteiger partial charge in [0.15, 0.2) is 0 Å². The molecule has 0 bridgehead atoms. The number of amides is 2. The molecule has 0 atom stereocenters. The van der Waals surface area contributed by atoms with E-state index in [1.165, 1.54) is 30.3 Å². The zero-order valence-corrected chi connectivity index (χ0v) is 15.1. The van der Waals surface area contributed by atoms with Crippen molar-refractivity contribution in [3.63, 3.8) is 0 Å². The first-order valence-electron chi connectivity index (χ1n) is 7.65. The molecule has 0 unspecified atom stereocenters. The Kier molecular flexibility index (Phi) is 5.18. The quantitative estimate of drug-likeness (QED) is 0.460. The minimum Gasteiger partial charge on any atom is -0.489 e. The van der Waals surface area contributed by atoms with Crippen LogP contribution in [0, 0.1) is 5.82 Å². The molecule has 26 heavy (non-hydrogen) atoms. The normalized spacial score (nSPS) is 15.3. The second-order valence-electron chi connectivity index (χ2n) is 5.40. The lowest BCUT2D eigenvalue weighted by Crippen LogP contribution is -2.35. The SMILES string of the molecule is C=CCOc1ccc(Br)cc1C=C1C(=O)NN(c2ccc(F)cc2)C1=O. The molecule has 1 heterocycles. The van der Waals surface area contributed by atoms with Gasteiger partial charge in [0, 0.05) is 10.0 Å². The molecular weight excluding hydrogens is 403 g/mol. The van der Waals surface area contributed by atoms with Gasteiger partial charge < -0.3 is 4.74 Å². The highest BCUT2D eigenvalue weighted by Gasteiger charge is 2.34. The van der Waals surface area contributed by atoms with E-state index in [0.29, 0.717) is 23.6 Å². The number of hydrogen-bond donors (Lipinski definition) is 1. The molecule has 1 saturated heterocycles. The largest absolute Gasteiger partial charge is 0.489 e. The summed E-state index contributed by atoms with van der Waals surface area (Å²) in [5, 5.41) is 1.08. The van der Waals surface area contributed by atoms with E-state index in [1.54, 1.807) is 24.3 Å². The number of ether oxygens (including phenoxy) is 1. The van der Waals surface area contributed by atoms with Gasteiger partial charge in [-0.25, -0.2) is 9.40 Å². The molecule has 0 aromatic heterocycles. The minimum atomic E-state index is -0.547. The Morgan fingerprint density at radius 2 is 1.92 bits per heavy atom. The van der Waals surface area contributed by atoms with Crippen molar-refractivity contribution < 1.29 is 18.7 Å². The number of benzene rings is 2. The van der Waals surface area contributed by atoms with Crippen LogP contribution in [0.25, 0.3) is 6.08 Å². The van der Waals surface area contributed by atoms with Gasteiger partial charge in [0.1, 0.15) is 23.7 Å². The van der Waals surface area contributed by atoms with Crippen LogP contribution in [0.2, 0.25) is 0 Å². The first-order valence-corrected chi connectivity index (χ1v) is 8.45. The third-order valence-electron chi connectivity index (χ3n) is 3.60. The van der Waals surface area contributed by atoms with Crippen LogP contribution in [0.1, 0.15) is 5.56 Å². The number of hydrazine groups is 1. The fourth-order valence-corrected chi connectivity index (χ4v) is 2.78. The highest BCUT2D eigenvalue weighted by molar-refractivity contribution is 9.10. The molecule has 0 spiro atoms. The molecule has 1 aliphatic heterocycles. The smallest absolute Gasteiger partial charge is 0.282 e. The number of hydrogen-bond acceptors (Lipinski definition) is 3. The number of rotatable bonds is 5. The molecule has 0 saturated carbocycles. The maximum Gasteiger partial charge on any atom is 0.282 e. The molecule has 7 heteroatoms. The number of carbonyl (C=O) groups is 2. The first-order chi connectivity index (χ1) is 12.5. The van der Waals surface area contributed by atoms with Gasteiger partial charge in [0.2, 0.25) is 0 Å². The zero-order valence-electron chi connectivity index (χ0n) is 13.5. The van der Waals surface area contributed by atoms with Gasteiger partial charge in [-0.15, -0.1) is 0 Å². The van der Waals surface area contributed by atoms with Crippen molar-refractivity contribution in [2.45, 2.75) is 0 Å². The molecule has 2 amide bonds. The van der Waals surface area contributed by atoms with Crippen LogP contribution < -0.4 is 15.2 Å². The van der Waals surface area contributed by atoms with Gasteiger partial charge >= 0.3 is 0 Å². The van der Waals surface area contributed by atoms with E-state index >= 15 is 0 Å². The summed E-state index contributed by atoms with van der Waals surface area (Å²) in [4.78, 5) is 24.9. The second kappa shape index (κ2) is 7.53. The summed E-state index contributed by atoms with van der Waals surface area (Å²) in [7, 11) is 0. The Balaban J connectivity index is 1.95. The van der Waals surface area contributed by atoms with Crippen LogP contribution in [0.15, 0.2) is 65.2 Å². The van der Waals surface area contributed by atoms with E-state index in [1.807, 2.05) is 0 Å². The van der Waals surface area contributed by atoms with Crippen molar-refractivity contribution in [1.82, 2.24) is 5.43 Å². The molecule has 1 fully saturated rings. The van der Waals surface area contributed by atoms with Crippen molar-refractivity contribution in [3.8, 4) is 5.75 Å². The van der Waals surface area contributed by atoms with E-state index in [9.17, 15) is 14.0 Å². The van der Waals surface area contributed by atoms with Crippen LogP contribution in [-0.2, 0) is 9.59 Å².